The third-order valence-electron chi connectivity index (χ3n) is 5.97. The van der Waals surface area contributed by atoms with Crippen molar-refractivity contribution >= 4 is 17.6 Å². The predicted octanol–water partition coefficient (Wildman–Crippen LogP) is 3.14. The molecule has 2 aromatic carbocycles. The summed E-state index contributed by atoms with van der Waals surface area (Å²) in [4.78, 5) is 29.0. The van der Waals surface area contributed by atoms with E-state index < -0.39 is 0 Å². The molecule has 0 bridgehead atoms. The highest BCUT2D eigenvalue weighted by Crippen LogP contribution is 2.38. The lowest BCUT2D eigenvalue weighted by Crippen LogP contribution is -2.48. The lowest BCUT2D eigenvalue weighted by Gasteiger charge is -2.36. The van der Waals surface area contributed by atoms with Crippen molar-refractivity contribution in [1.29, 1.82) is 0 Å². The van der Waals surface area contributed by atoms with Crippen LogP contribution in [-0.2, 0) is 11.2 Å². The second-order valence-corrected chi connectivity index (χ2v) is 7.72. The van der Waals surface area contributed by atoms with Gasteiger partial charge in [0.2, 0.25) is 5.91 Å². The van der Waals surface area contributed by atoms with Gasteiger partial charge in [-0.05, 0) is 48.7 Å². The molecule has 2 aliphatic rings. The van der Waals surface area contributed by atoms with Crippen LogP contribution < -0.4 is 19.7 Å². The van der Waals surface area contributed by atoms with Gasteiger partial charge in [0, 0.05) is 25.2 Å². The molecular weight excluding hydrogens is 382 g/mol. The molecule has 0 aromatic heterocycles. The van der Waals surface area contributed by atoms with Crippen LogP contribution in [0.25, 0.3) is 0 Å². The summed E-state index contributed by atoms with van der Waals surface area (Å²) >= 11 is 0. The van der Waals surface area contributed by atoms with Gasteiger partial charge >= 0.3 is 6.03 Å². The SMILES string of the molecule is COc1cc2c(cc1OC)[C@H](C)N(C(=O)N[C@@H]1CC(=O)N(c3ccccc3)C1)CC2. The Morgan fingerprint density at radius 1 is 1.10 bits per heavy atom. The fraction of sp³-hybridized carbons (Fsp3) is 0.391. The summed E-state index contributed by atoms with van der Waals surface area (Å²) in [5, 5.41) is 3.06. The van der Waals surface area contributed by atoms with E-state index in [2.05, 4.69) is 5.32 Å². The van der Waals surface area contributed by atoms with E-state index in [0.717, 1.165) is 23.2 Å². The van der Waals surface area contributed by atoms with Crippen LogP contribution in [0, 0.1) is 0 Å². The Labute approximate surface area is 176 Å². The Kier molecular flexibility index (Phi) is 5.53. The Morgan fingerprint density at radius 3 is 2.50 bits per heavy atom. The molecule has 3 amide bonds. The molecular formula is C23H27N3O4. The van der Waals surface area contributed by atoms with Crippen molar-refractivity contribution in [3.63, 3.8) is 0 Å². The first-order chi connectivity index (χ1) is 14.5. The largest absolute Gasteiger partial charge is 0.493 e. The van der Waals surface area contributed by atoms with Gasteiger partial charge in [-0.2, -0.15) is 0 Å². The molecule has 158 valence electrons. The standard InChI is InChI=1S/C23H27N3O4/c1-15-19-13-21(30-3)20(29-2)11-16(19)9-10-25(15)23(28)24-17-12-22(27)26(14-17)18-7-5-4-6-8-18/h4-8,11,13,15,17H,9-10,12,14H2,1-3H3,(H,24,28)/t15-,17+/m0/s1. The van der Waals surface area contributed by atoms with E-state index in [-0.39, 0.29) is 24.0 Å². The molecule has 1 saturated heterocycles. The molecule has 1 N–H and O–H groups in total. The van der Waals surface area contributed by atoms with Gasteiger partial charge in [0.05, 0.1) is 26.3 Å². The molecule has 0 spiro atoms. The maximum absolute atomic E-state index is 13.0. The topological polar surface area (TPSA) is 71.1 Å². The zero-order valence-corrected chi connectivity index (χ0v) is 17.6. The zero-order chi connectivity index (χ0) is 21.3. The second-order valence-electron chi connectivity index (χ2n) is 7.72. The molecule has 4 rings (SSSR count). The van der Waals surface area contributed by atoms with Crippen molar-refractivity contribution in [2.45, 2.75) is 31.8 Å². The predicted molar refractivity (Wildman–Crippen MR) is 114 cm³/mol. The van der Waals surface area contributed by atoms with Gasteiger partial charge in [0.15, 0.2) is 11.5 Å². The fourth-order valence-corrected chi connectivity index (χ4v) is 4.34. The van der Waals surface area contributed by atoms with Crippen molar-refractivity contribution in [3.05, 3.63) is 53.6 Å². The molecule has 2 aromatic rings. The number of benzene rings is 2. The summed E-state index contributed by atoms with van der Waals surface area (Å²) in [6, 6.07) is 13.1. The molecule has 1 fully saturated rings. The Balaban J connectivity index is 1.45. The van der Waals surface area contributed by atoms with Gasteiger partial charge in [-0.1, -0.05) is 18.2 Å². The molecule has 0 unspecified atom stereocenters. The molecule has 30 heavy (non-hydrogen) atoms. The molecule has 0 aliphatic carbocycles. The molecule has 2 heterocycles. The summed E-state index contributed by atoms with van der Waals surface area (Å²) in [6.45, 7) is 3.11. The fourth-order valence-electron chi connectivity index (χ4n) is 4.34. The number of hydrogen-bond acceptors (Lipinski definition) is 4. The third kappa shape index (κ3) is 3.67. The normalized spacial score (nSPS) is 20.7. The number of carbonyl (C=O) groups excluding carboxylic acids is 2. The number of ether oxygens (including phenoxy) is 2. The van der Waals surface area contributed by atoms with E-state index in [9.17, 15) is 9.59 Å². The van der Waals surface area contributed by atoms with Crippen molar-refractivity contribution in [2.24, 2.45) is 0 Å². The Bertz CT molecular complexity index is 947. The summed E-state index contributed by atoms with van der Waals surface area (Å²) in [6.07, 6.45) is 1.05. The Hall–Kier alpha value is -3.22. The van der Waals surface area contributed by atoms with Gasteiger partial charge in [-0.15, -0.1) is 0 Å². The van der Waals surface area contributed by atoms with E-state index in [1.54, 1.807) is 19.1 Å². The summed E-state index contributed by atoms with van der Waals surface area (Å²) in [5.74, 6) is 1.39. The number of carbonyl (C=O) groups is 2. The smallest absolute Gasteiger partial charge is 0.318 e. The lowest BCUT2D eigenvalue weighted by molar-refractivity contribution is -0.117. The van der Waals surface area contributed by atoms with Gasteiger partial charge in [0.25, 0.3) is 0 Å². The van der Waals surface area contributed by atoms with Crippen LogP contribution in [0.1, 0.15) is 30.5 Å². The average Bonchev–Trinajstić information content (AvgIpc) is 3.13. The van der Waals surface area contributed by atoms with E-state index in [1.807, 2.05) is 54.3 Å². The van der Waals surface area contributed by atoms with Gasteiger partial charge < -0.3 is 24.6 Å². The van der Waals surface area contributed by atoms with Crippen LogP contribution in [0.3, 0.4) is 0 Å². The summed E-state index contributed by atoms with van der Waals surface area (Å²) in [7, 11) is 3.23. The highest BCUT2D eigenvalue weighted by Gasteiger charge is 2.35. The van der Waals surface area contributed by atoms with Crippen molar-refractivity contribution in [2.75, 3.05) is 32.2 Å². The van der Waals surface area contributed by atoms with Crippen molar-refractivity contribution < 1.29 is 19.1 Å². The molecule has 7 heteroatoms. The zero-order valence-electron chi connectivity index (χ0n) is 17.6. The number of anilines is 1. The first-order valence-electron chi connectivity index (χ1n) is 10.2. The van der Waals surface area contributed by atoms with Crippen LogP contribution in [0.5, 0.6) is 11.5 Å². The quantitative estimate of drug-likeness (QED) is 0.842. The minimum atomic E-state index is -0.204. The highest BCUT2D eigenvalue weighted by molar-refractivity contribution is 5.96. The maximum Gasteiger partial charge on any atom is 0.318 e. The minimum Gasteiger partial charge on any atom is -0.493 e. The number of rotatable bonds is 4. The van der Waals surface area contributed by atoms with E-state index in [1.165, 1.54) is 0 Å². The number of urea groups is 1. The number of hydrogen-bond donors (Lipinski definition) is 1. The highest BCUT2D eigenvalue weighted by atomic mass is 16.5. The average molecular weight is 409 g/mol. The van der Waals surface area contributed by atoms with Gasteiger partial charge in [-0.3, -0.25) is 4.79 Å². The monoisotopic (exact) mass is 409 g/mol. The van der Waals surface area contributed by atoms with Crippen LogP contribution in [0.4, 0.5) is 10.5 Å². The van der Waals surface area contributed by atoms with Crippen LogP contribution in [-0.4, -0.2) is 50.2 Å². The number of nitrogens with one attached hydrogen (secondary N) is 1. The summed E-state index contributed by atoms with van der Waals surface area (Å²) < 4.78 is 10.8. The molecule has 2 aliphatic heterocycles. The van der Waals surface area contributed by atoms with Crippen molar-refractivity contribution in [3.8, 4) is 11.5 Å². The summed E-state index contributed by atoms with van der Waals surface area (Å²) in [5.41, 5.74) is 3.08. The van der Waals surface area contributed by atoms with Crippen LogP contribution in [0.15, 0.2) is 42.5 Å². The first kappa shape index (κ1) is 20.1. The lowest BCUT2D eigenvalue weighted by atomic mass is 9.93. The van der Waals surface area contributed by atoms with Gasteiger partial charge in [-0.25, -0.2) is 4.79 Å². The number of methoxy groups -OCH3 is 2. The number of para-hydroxylation sites is 1. The van der Waals surface area contributed by atoms with E-state index >= 15 is 0 Å². The van der Waals surface area contributed by atoms with Crippen LogP contribution in [0.2, 0.25) is 0 Å². The van der Waals surface area contributed by atoms with E-state index in [0.29, 0.717) is 31.0 Å². The van der Waals surface area contributed by atoms with Crippen molar-refractivity contribution in [1.82, 2.24) is 10.2 Å². The van der Waals surface area contributed by atoms with Gasteiger partial charge in [0.1, 0.15) is 0 Å². The van der Waals surface area contributed by atoms with E-state index in [4.69, 9.17) is 9.47 Å². The minimum absolute atomic E-state index is 0.0281. The first-order valence-corrected chi connectivity index (χ1v) is 10.2. The number of amides is 3. The maximum atomic E-state index is 13.0. The van der Waals surface area contributed by atoms with Crippen LogP contribution >= 0.6 is 0 Å². The number of fused-ring (bicyclic) bond motifs is 1. The third-order valence-corrected chi connectivity index (χ3v) is 5.97. The molecule has 0 saturated carbocycles. The number of nitrogens with zero attached hydrogens (tertiary/aromatic N) is 2. The molecule has 7 nitrogen and oxygen atoms in total. The second kappa shape index (κ2) is 8.26. The molecule has 2 atom stereocenters. The molecule has 0 radical (unpaired) electrons. The Morgan fingerprint density at radius 2 is 1.80 bits per heavy atom.